The molecule has 0 bridgehead atoms. The highest BCUT2D eigenvalue weighted by molar-refractivity contribution is 8.00. The van der Waals surface area contributed by atoms with E-state index in [0.29, 0.717) is 11.8 Å². The van der Waals surface area contributed by atoms with E-state index < -0.39 is 17.7 Å². The van der Waals surface area contributed by atoms with Gasteiger partial charge in [-0.05, 0) is 25.1 Å². The second-order valence-electron chi connectivity index (χ2n) is 5.24. The number of amides is 2. The summed E-state index contributed by atoms with van der Waals surface area (Å²) in [5.74, 6) is -1.59. The zero-order chi connectivity index (χ0) is 18.7. The van der Waals surface area contributed by atoms with Crippen molar-refractivity contribution in [2.45, 2.75) is 23.6 Å². The van der Waals surface area contributed by atoms with Gasteiger partial charge in [-0.15, -0.1) is 11.8 Å². The molecule has 24 heavy (non-hydrogen) atoms. The number of carbonyl (C=O) groups excluding carboxylic acids is 2. The van der Waals surface area contributed by atoms with Gasteiger partial charge < -0.3 is 15.3 Å². The Balaban J connectivity index is 2.82. The number of alkyl halides is 3. The molecule has 0 fully saturated rings. The third-order valence-electron chi connectivity index (χ3n) is 3.04. The van der Waals surface area contributed by atoms with Crippen LogP contribution in [-0.4, -0.2) is 53.4 Å². The molecule has 2 N–H and O–H groups in total. The van der Waals surface area contributed by atoms with Gasteiger partial charge >= 0.3 is 6.18 Å². The molecule has 0 saturated heterocycles. The summed E-state index contributed by atoms with van der Waals surface area (Å²) >= 11 is 7.12. The van der Waals surface area contributed by atoms with Crippen molar-refractivity contribution in [2.75, 3.05) is 25.2 Å². The van der Waals surface area contributed by atoms with Crippen molar-refractivity contribution in [3.05, 3.63) is 23.2 Å². The van der Waals surface area contributed by atoms with E-state index in [1.165, 1.54) is 34.9 Å². The number of nitrogens with zero attached hydrogens (tertiary/aromatic N) is 1. The largest absolute Gasteiger partial charge is 0.426 e. The fraction of sp³-hybridized carbons (Fsp3) is 0.429. The minimum Gasteiger partial charge on any atom is -0.373 e. The lowest BCUT2D eigenvalue weighted by Gasteiger charge is -2.25. The lowest BCUT2D eigenvalue weighted by atomic mass is 10.1. The fourth-order valence-electron chi connectivity index (χ4n) is 1.33. The van der Waals surface area contributed by atoms with Crippen LogP contribution in [0.5, 0.6) is 0 Å². The summed E-state index contributed by atoms with van der Waals surface area (Å²) < 4.78 is 37.8. The summed E-state index contributed by atoms with van der Waals surface area (Å²) in [6.45, 7) is 0.354. The molecular weight excluding hydrogens is 369 g/mol. The molecule has 0 aliphatic heterocycles. The molecule has 134 valence electrons. The average Bonchev–Trinajstić information content (AvgIpc) is 2.45. The monoisotopic (exact) mass is 384 g/mol. The predicted molar refractivity (Wildman–Crippen MR) is 86.2 cm³/mol. The standard InChI is InChI=1S/C14H16ClF3N2O3S/c1-13(23,14(16,17)18)12(22)19-10-5-4-8(6-9(10)15)24-7-11(21)20(2)3/h4-6,23H,7H2,1-3H3,(H,19,22). The number of nitrogens with one attached hydrogen (secondary N) is 1. The van der Waals surface area contributed by atoms with Crippen LogP contribution in [0.25, 0.3) is 0 Å². The molecule has 1 atom stereocenters. The predicted octanol–water partition coefficient (Wildman–Crippen LogP) is 2.77. The summed E-state index contributed by atoms with van der Waals surface area (Å²) in [4.78, 5) is 25.1. The van der Waals surface area contributed by atoms with Gasteiger partial charge in [0.05, 0.1) is 16.5 Å². The normalized spacial score (nSPS) is 14.0. The molecule has 1 unspecified atom stereocenters. The second kappa shape index (κ2) is 7.62. The van der Waals surface area contributed by atoms with Crippen molar-refractivity contribution in [2.24, 2.45) is 0 Å². The minimum atomic E-state index is -5.12. The molecular formula is C14H16ClF3N2O3S. The Morgan fingerprint density at radius 1 is 1.33 bits per heavy atom. The number of carbonyl (C=O) groups is 2. The molecule has 0 aromatic heterocycles. The summed E-state index contributed by atoms with van der Waals surface area (Å²) in [5, 5.41) is 11.2. The van der Waals surface area contributed by atoms with Gasteiger partial charge in [0, 0.05) is 19.0 Å². The Hall–Kier alpha value is -1.45. The van der Waals surface area contributed by atoms with Crippen molar-refractivity contribution in [3.63, 3.8) is 0 Å². The number of benzene rings is 1. The van der Waals surface area contributed by atoms with Crippen LogP contribution in [0.3, 0.4) is 0 Å². The Morgan fingerprint density at radius 2 is 1.92 bits per heavy atom. The Kier molecular flexibility index (Phi) is 6.54. The van der Waals surface area contributed by atoms with Crippen LogP contribution in [0.4, 0.5) is 18.9 Å². The van der Waals surface area contributed by atoms with E-state index in [1.54, 1.807) is 14.1 Å². The molecule has 1 aromatic carbocycles. The first-order chi connectivity index (χ1) is 10.9. The third kappa shape index (κ3) is 5.02. The van der Waals surface area contributed by atoms with Crippen LogP contribution < -0.4 is 5.32 Å². The Bertz CT molecular complexity index is 636. The Labute approximate surface area is 146 Å². The molecule has 0 aliphatic carbocycles. The van der Waals surface area contributed by atoms with E-state index in [1.807, 2.05) is 5.32 Å². The van der Waals surface area contributed by atoms with Gasteiger partial charge in [0.2, 0.25) is 11.5 Å². The molecule has 1 rings (SSSR count). The van der Waals surface area contributed by atoms with E-state index in [9.17, 15) is 27.9 Å². The molecule has 0 radical (unpaired) electrons. The van der Waals surface area contributed by atoms with Crippen LogP contribution in [0.1, 0.15) is 6.92 Å². The zero-order valence-corrected chi connectivity index (χ0v) is 14.6. The van der Waals surface area contributed by atoms with E-state index in [2.05, 4.69) is 0 Å². The first kappa shape index (κ1) is 20.6. The number of hydrogen-bond donors (Lipinski definition) is 2. The topological polar surface area (TPSA) is 69.6 Å². The quantitative estimate of drug-likeness (QED) is 0.766. The SMILES string of the molecule is CN(C)C(=O)CSc1ccc(NC(=O)C(C)(O)C(F)(F)F)c(Cl)c1. The molecule has 0 spiro atoms. The molecule has 0 heterocycles. The molecule has 2 amide bonds. The first-order valence-electron chi connectivity index (χ1n) is 6.59. The number of halogens is 4. The maximum Gasteiger partial charge on any atom is 0.426 e. The van der Waals surface area contributed by atoms with Crippen LogP contribution in [-0.2, 0) is 9.59 Å². The summed E-state index contributed by atoms with van der Waals surface area (Å²) in [6.07, 6.45) is -5.12. The molecule has 0 aliphatic rings. The highest BCUT2D eigenvalue weighted by atomic mass is 35.5. The van der Waals surface area contributed by atoms with E-state index in [4.69, 9.17) is 11.6 Å². The van der Waals surface area contributed by atoms with Gasteiger partial charge in [0.1, 0.15) is 0 Å². The number of hydrogen-bond acceptors (Lipinski definition) is 4. The number of thioether (sulfide) groups is 1. The summed E-state index contributed by atoms with van der Waals surface area (Å²) in [7, 11) is 3.22. The number of rotatable bonds is 5. The van der Waals surface area contributed by atoms with Crippen molar-refractivity contribution >= 4 is 40.9 Å². The Morgan fingerprint density at radius 3 is 2.38 bits per heavy atom. The zero-order valence-electron chi connectivity index (χ0n) is 13.1. The molecule has 1 aromatic rings. The van der Waals surface area contributed by atoms with E-state index in [-0.39, 0.29) is 22.4 Å². The highest BCUT2D eigenvalue weighted by Gasteiger charge is 2.55. The minimum absolute atomic E-state index is 0.0105. The van der Waals surface area contributed by atoms with Crippen molar-refractivity contribution in [1.29, 1.82) is 0 Å². The lowest BCUT2D eigenvalue weighted by molar-refractivity contribution is -0.242. The average molecular weight is 385 g/mol. The van der Waals surface area contributed by atoms with Gasteiger partial charge in [-0.1, -0.05) is 11.6 Å². The molecule has 0 saturated carbocycles. The highest BCUT2D eigenvalue weighted by Crippen LogP contribution is 2.33. The number of aliphatic hydroxyl groups is 1. The van der Waals surface area contributed by atoms with Gasteiger partial charge in [0.15, 0.2) is 0 Å². The van der Waals surface area contributed by atoms with Gasteiger partial charge in [-0.2, -0.15) is 13.2 Å². The van der Waals surface area contributed by atoms with E-state index >= 15 is 0 Å². The smallest absolute Gasteiger partial charge is 0.373 e. The van der Waals surface area contributed by atoms with E-state index in [0.717, 1.165) is 0 Å². The van der Waals surface area contributed by atoms with Crippen LogP contribution >= 0.6 is 23.4 Å². The third-order valence-corrected chi connectivity index (χ3v) is 4.34. The first-order valence-corrected chi connectivity index (χ1v) is 7.95. The fourth-order valence-corrected chi connectivity index (χ4v) is 2.54. The molecule has 10 heteroatoms. The lowest BCUT2D eigenvalue weighted by Crippen LogP contribution is -2.52. The van der Waals surface area contributed by atoms with Gasteiger partial charge in [0.25, 0.3) is 5.91 Å². The second-order valence-corrected chi connectivity index (χ2v) is 6.70. The van der Waals surface area contributed by atoms with Crippen LogP contribution in [0.2, 0.25) is 5.02 Å². The number of anilines is 1. The van der Waals surface area contributed by atoms with Gasteiger partial charge in [-0.3, -0.25) is 9.59 Å². The van der Waals surface area contributed by atoms with Crippen molar-refractivity contribution < 1.29 is 27.9 Å². The summed E-state index contributed by atoms with van der Waals surface area (Å²) in [5.41, 5.74) is -3.61. The van der Waals surface area contributed by atoms with Gasteiger partial charge in [-0.25, -0.2) is 0 Å². The van der Waals surface area contributed by atoms with Crippen LogP contribution in [0, 0.1) is 0 Å². The maximum atomic E-state index is 12.6. The molecule has 5 nitrogen and oxygen atoms in total. The summed E-state index contributed by atoms with van der Waals surface area (Å²) in [6, 6.07) is 4.21. The van der Waals surface area contributed by atoms with Crippen molar-refractivity contribution in [1.82, 2.24) is 4.90 Å². The maximum absolute atomic E-state index is 12.6. The van der Waals surface area contributed by atoms with Crippen LogP contribution in [0.15, 0.2) is 23.1 Å². The van der Waals surface area contributed by atoms with Crippen molar-refractivity contribution in [3.8, 4) is 0 Å².